The molecule has 0 saturated heterocycles. The van der Waals surface area contributed by atoms with Gasteiger partial charge in [0.1, 0.15) is 11.9 Å². The number of halogens is 1. The van der Waals surface area contributed by atoms with Crippen molar-refractivity contribution >= 4 is 29.3 Å². The second kappa shape index (κ2) is 7.91. The van der Waals surface area contributed by atoms with Gasteiger partial charge < -0.3 is 10.1 Å². The van der Waals surface area contributed by atoms with Crippen molar-refractivity contribution in [2.45, 2.75) is 32.9 Å². The number of aliphatic carboxylic acids is 1. The van der Waals surface area contributed by atoms with Gasteiger partial charge in [-0.15, -0.1) is 12.4 Å². The van der Waals surface area contributed by atoms with Crippen LogP contribution in [0.5, 0.6) is 0 Å². The number of rotatable bonds is 6. The van der Waals surface area contributed by atoms with E-state index in [4.69, 9.17) is 0 Å². The molecular weight excluding hydrogens is 306 g/mol. The quantitative estimate of drug-likeness (QED) is 0.848. The number of nitrogens with zero attached hydrogens (tertiary/aromatic N) is 2. The number of para-hydroxylation sites is 1. The van der Waals surface area contributed by atoms with Crippen LogP contribution in [0.25, 0.3) is 10.9 Å². The molecule has 0 amide bonds. The summed E-state index contributed by atoms with van der Waals surface area (Å²) in [7, 11) is 0. The molecule has 0 spiro atoms. The molecule has 0 fully saturated rings. The highest BCUT2D eigenvalue weighted by Crippen LogP contribution is 2.10. The fraction of sp³-hybridized carbons (Fsp3) is 0.400. The normalized spacial score (nSPS) is 12.1. The van der Waals surface area contributed by atoms with Crippen molar-refractivity contribution in [1.29, 1.82) is 0 Å². The summed E-state index contributed by atoms with van der Waals surface area (Å²) >= 11 is 0. The first-order valence-corrected chi connectivity index (χ1v) is 7.01. The molecule has 0 saturated carbocycles. The number of benzene rings is 1. The van der Waals surface area contributed by atoms with Crippen LogP contribution < -0.4 is 5.56 Å². The van der Waals surface area contributed by atoms with Gasteiger partial charge in [-0.05, 0) is 25.1 Å². The summed E-state index contributed by atoms with van der Waals surface area (Å²) in [4.78, 5) is 32.2. The molecule has 0 aliphatic rings. The summed E-state index contributed by atoms with van der Waals surface area (Å²) in [6, 6.07) is 6.52. The number of likely N-dealkylation sites (N-methyl/N-ethyl adjacent to an activating group) is 1. The van der Waals surface area contributed by atoms with E-state index in [9.17, 15) is 14.7 Å². The van der Waals surface area contributed by atoms with Crippen LogP contribution in [-0.4, -0.2) is 38.5 Å². The molecule has 0 radical (unpaired) electrons. The zero-order valence-electron chi connectivity index (χ0n) is 12.6. The second-order valence-electron chi connectivity index (χ2n) is 4.86. The van der Waals surface area contributed by atoms with Crippen molar-refractivity contribution in [3.8, 4) is 0 Å². The average Bonchev–Trinajstić information content (AvgIpc) is 2.46. The Morgan fingerprint density at radius 3 is 2.64 bits per heavy atom. The van der Waals surface area contributed by atoms with Gasteiger partial charge in [0.2, 0.25) is 0 Å². The monoisotopic (exact) mass is 325 g/mol. The maximum atomic E-state index is 12.0. The van der Waals surface area contributed by atoms with Gasteiger partial charge in [-0.1, -0.05) is 26.0 Å². The Labute approximate surface area is 134 Å². The molecule has 2 rings (SSSR count). The van der Waals surface area contributed by atoms with E-state index in [0.29, 0.717) is 36.2 Å². The number of aromatic amines is 1. The van der Waals surface area contributed by atoms with Crippen molar-refractivity contribution in [3.63, 3.8) is 0 Å². The van der Waals surface area contributed by atoms with E-state index in [-0.39, 0.29) is 18.0 Å². The van der Waals surface area contributed by atoms with Gasteiger partial charge in [0.15, 0.2) is 0 Å². The molecule has 0 aliphatic carbocycles. The average molecular weight is 326 g/mol. The number of H-pyrrole nitrogens is 1. The largest absolute Gasteiger partial charge is 0.480 e. The Bertz CT molecular complexity index is 702. The summed E-state index contributed by atoms with van der Waals surface area (Å²) in [6.07, 6.45) is 0.501. The summed E-state index contributed by atoms with van der Waals surface area (Å²) in [5.41, 5.74) is 0.422. The fourth-order valence-corrected chi connectivity index (χ4v) is 2.43. The maximum absolute atomic E-state index is 12.0. The Kier molecular flexibility index (Phi) is 6.52. The predicted molar refractivity (Wildman–Crippen MR) is 87.4 cm³/mol. The van der Waals surface area contributed by atoms with Crippen molar-refractivity contribution in [2.24, 2.45) is 0 Å². The van der Waals surface area contributed by atoms with Crippen LogP contribution in [-0.2, 0) is 11.3 Å². The molecular formula is C15H20ClN3O3. The topological polar surface area (TPSA) is 86.3 Å². The molecule has 2 aromatic rings. The van der Waals surface area contributed by atoms with Crippen molar-refractivity contribution in [2.75, 3.05) is 6.54 Å². The molecule has 1 atom stereocenters. The Morgan fingerprint density at radius 2 is 2.05 bits per heavy atom. The van der Waals surface area contributed by atoms with Crippen LogP contribution in [0.4, 0.5) is 0 Å². The summed E-state index contributed by atoms with van der Waals surface area (Å²) in [6.45, 7) is 4.60. The van der Waals surface area contributed by atoms with E-state index in [1.807, 2.05) is 19.9 Å². The van der Waals surface area contributed by atoms with Crippen LogP contribution >= 0.6 is 12.4 Å². The van der Waals surface area contributed by atoms with Crippen molar-refractivity contribution in [1.82, 2.24) is 14.9 Å². The van der Waals surface area contributed by atoms with Gasteiger partial charge in [0.05, 0.1) is 17.4 Å². The number of carboxylic acid groups (broad SMARTS) is 1. The maximum Gasteiger partial charge on any atom is 0.320 e. The number of fused-ring (bicyclic) bond motifs is 1. The smallest absolute Gasteiger partial charge is 0.320 e. The lowest BCUT2D eigenvalue weighted by Gasteiger charge is -2.26. The van der Waals surface area contributed by atoms with E-state index in [0.717, 1.165) is 0 Å². The minimum Gasteiger partial charge on any atom is -0.480 e. The zero-order chi connectivity index (χ0) is 15.4. The van der Waals surface area contributed by atoms with Gasteiger partial charge in [0.25, 0.3) is 5.56 Å². The van der Waals surface area contributed by atoms with E-state index < -0.39 is 12.0 Å². The third-order valence-corrected chi connectivity index (χ3v) is 3.53. The molecule has 22 heavy (non-hydrogen) atoms. The van der Waals surface area contributed by atoms with E-state index in [1.54, 1.807) is 23.1 Å². The third-order valence-electron chi connectivity index (χ3n) is 3.53. The zero-order valence-corrected chi connectivity index (χ0v) is 13.4. The number of hydrogen-bond donors (Lipinski definition) is 2. The highest BCUT2D eigenvalue weighted by molar-refractivity contribution is 5.85. The molecule has 0 aliphatic heterocycles. The van der Waals surface area contributed by atoms with Crippen LogP contribution in [0.3, 0.4) is 0 Å². The van der Waals surface area contributed by atoms with Crippen LogP contribution in [0.15, 0.2) is 29.1 Å². The van der Waals surface area contributed by atoms with Crippen LogP contribution in [0, 0.1) is 0 Å². The molecule has 7 heteroatoms. The van der Waals surface area contributed by atoms with Gasteiger partial charge in [-0.3, -0.25) is 14.5 Å². The SMILES string of the molecule is CCC(C(=O)O)N(CC)Cc1nc2ccccc2c(=O)[nH]1.Cl. The number of carbonyl (C=O) groups is 1. The first-order chi connectivity index (χ1) is 10.1. The minimum atomic E-state index is -0.859. The lowest BCUT2D eigenvalue weighted by atomic mass is 10.2. The summed E-state index contributed by atoms with van der Waals surface area (Å²) in [5.74, 6) is -0.372. The molecule has 6 nitrogen and oxygen atoms in total. The summed E-state index contributed by atoms with van der Waals surface area (Å²) in [5, 5.41) is 9.78. The van der Waals surface area contributed by atoms with Gasteiger partial charge in [-0.25, -0.2) is 4.98 Å². The molecule has 0 bridgehead atoms. The molecule has 1 unspecified atom stereocenters. The van der Waals surface area contributed by atoms with Crippen LogP contribution in [0.1, 0.15) is 26.1 Å². The lowest BCUT2D eigenvalue weighted by Crippen LogP contribution is -2.40. The predicted octanol–water partition coefficient (Wildman–Crippen LogP) is 2.03. The fourth-order valence-electron chi connectivity index (χ4n) is 2.43. The Balaban J connectivity index is 0.00000242. The van der Waals surface area contributed by atoms with E-state index in [1.165, 1.54) is 0 Å². The molecule has 1 heterocycles. The number of aromatic nitrogens is 2. The lowest BCUT2D eigenvalue weighted by molar-refractivity contribution is -0.143. The highest BCUT2D eigenvalue weighted by atomic mass is 35.5. The molecule has 2 N–H and O–H groups in total. The number of nitrogens with one attached hydrogen (secondary N) is 1. The molecule has 1 aromatic heterocycles. The first kappa shape index (κ1) is 18.1. The molecule has 1 aromatic carbocycles. The Morgan fingerprint density at radius 1 is 1.36 bits per heavy atom. The first-order valence-electron chi connectivity index (χ1n) is 7.01. The Hall–Kier alpha value is -1.92. The van der Waals surface area contributed by atoms with Crippen molar-refractivity contribution in [3.05, 3.63) is 40.4 Å². The highest BCUT2D eigenvalue weighted by Gasteiger charge is 2.23. The molecule has 120 valence electrons. The summed E-state index contributed by atoms with van der Waals surface area (Å²) < 4.78 is 0. The van der Waals surface area contributed by atoms with Gasteiger partial charge in [0, 0.05) is 0 Å². The van der Waals surface area contributed by atoms with E-state index in [2.05, 4.69) is 9.97 Å². The standard InChI is InChI=1S/C15H19N3O3.ClH/c1-3-12(15(20)21)18(4-2)9-13-16-11-8-6-5-7-10(11)14(19)17-13;/h5-8,12H,3-4,9H2,1-2H3,(H,20,21)(H,16,17,19);1H. The van der Waals surface area contributed by atoms with Crippen LogP contribution in [0.2, 0.25) is 0 Å². The third kappa shape index (κ3) is 3.84. The van der Waals surface area contributed by atoms with Gasteiger partial charge >= 0.3 is 5.97 Å². The van der Waals surface area contributed by atoms with E-state index >= 15 is 0 Å². The van der Waals surface area contributed by atoms with Gasteiger partial charge in [-0.2, -0.15) is 0 Å². The van der Waals surface area contributed by atoms with Crippen molar-refractivity contribution < 1.29 is 9.90 Å². The number of hydrogen-bond acceptors (Lipinski definition) is 4. The second-order valence-corrected chi connectivity index (χ2v) is 4.86. The minimum absolute atomic E-state index is 0. The number of carboxylic acids is 1.